The quantitative estimate of drug-likeness (QED) is 0.819. The minimum Gasteiger partial charge on any atom is -0.497 e. The SMILES string of the molecule is COc1ccc(CNC(=O)COc2ccccc2CO)cc1. The lowest BCUT2D eigenvalue weighted by atomic mass is 10.2. The van der Waals surface area contributed by atoms with Gasteiger partial charge in [0.25, 0.3) is 5.91 Å². The summed E-state index contributed by atoms with van der Waals surface area (Å²) in [6.45, 7) is 0.213. The highest BCUT2D eigenvalue weighted by Crippen LogP contribution is 2.17. The lowest BCUT2D eigenvalue weighted by molar-refractivity contribution is -0.123. The fraction of sp³-hybridized carbons (Fsp3) is 0.235. The Labute approximate surface area is 129 Å². The summed E-state index contributed by atoms with van der Waals surface area (Å²) in [7, 11) is 1.61. The molecule has 0 spiro atoms. The first-order chi connectivity index (χ1) is 10.7. The number of rotatable bonds is 7. The zero-order chi connectivity index (χ0) is 15.8. The molecule has 5 heteroatoms. The molecule has 0 aliphatic rings. The predicted molar refractivity (Wildman–Crippen MR) is 82.7 cm³/mol. The van der Waals surface area contributed by atoms with Gasteiger partial charge in [0.15, 0.2) is 6.61 Å². The largest absolute Gasteiger partial charge is 0.497 e. The average Bonchev–Trinajstić information content (AvgIpc) is 2.58. The Morgan fingerprint density at radius 2 is 1.86 bits per heavy atom. The van der Waals surface area contributed by atoms with E-state index in [0.29, 0.717) is 17.9 Å². The number of carbonyl (C=O) groups excluding carboxylic acids is 1. The van der Waals surface area contributed by atoms with E-state index in [2.05, 4.69) is 5.32 Å². The number of ether oxygens (including phenoxy) is 2. The van der Waals surface area contributed by atoms with Gasteiger partial charge in [0.1, 0.15) is 11.5 Å². The summed E-state index contributed by atoms with van der Waals surface area (Å²) in [5.74, 6) is 1.08. The lowest BCUT2D eigenvalue weighted by Crippen LogP contribution is -2.28. The number of hydrogen-bond donors (Lipinski definition) is 2. The number of aliphatic hydroxyl groups excluding tert-OH is 1. The fourth-order valence-corrected chi connectivity index (χ4v) is 1.91. The molecule has 5 nitrogen and oxygen atoms in total. The summed E-state index contributed by atoms with van der Waals surface area (Å²) in [6, 6.07) is 14.5. The van der Waals surface area contributed by atoms with Crippen LogP contribution in [0.15, 0.2) is 48.5 Å². The van der Waals surface area contributed by atoms with E-state index >= 15 is 0 Å². The molecule has 0 saturated carbocycles. The minimum atomic E-state index is -0.219. The van der Waals surface area contributed by atoms with Crippen molar-refractivity contribution in [3.05, 3.63) is 59.7 Å². The Balaban J connectivity index is 1.80. The minimum absolute atomic E-state index is 0.0901. The first-order valence-corrected chi connectivity index (χ1v) is 6.94. The molecule has 22 heavy (non-hydrogen) atoms. The molecule has 0 saturated heterocycles. The number of aliphatic hydroxyl groups is 1. The van der Waals surface area contributed by atoms with E-state index in [-0.39, 0.29) is 19.1 Å². The molecule has 2 aromatic carbocycles. The second-order valence-electron chi connectivity index (χ2n) is 4.68. The van der Waals surface area contributed by atoms with E-state index in [1.807, 2.05) is 30.3 Å². The van der Waals surface area contributed by atoms with Crippen molar-refractivity contribution in [2.45, 2.75) is 13.2 Å². The molecule has 0 atom stereocenters. The van der Waals surface area contributed by atoms with Crippen LogP contribution in [-0.4, -0.2) is 24.7 Å². The maximum Gasteiger partial charge on any atom is 0.258 e. The molecule has 0 radical (unpaired) electrons. The number of para-hydroxylation sites is 1. The van der Waals surface area contributed by atoms with Crippen molar-refractivity contribution in [3.8, 4) is 11.5 Å². The monoisotopic (exact) mass is 301 g/mol. The summed E-state index contributed by atoms with van der Waals surface area (Å²) in [6.07, 6.45) is 0. The number of benzene rings is 2. The smallest absolute Gasteiger partial charge is 0.258 e. The van der Waals surface area contributed by atoms with Gasteiger partial charge in [-0.05, 0) is 23.8 Å². The Morgan fingerprint density at radius 3 is 2.55 bits per heavy atom. The van der Waals surface area contributed by atoms with Crippen molar-refractivity contribution in [2.75, 3.05) is 13.7 Å². The Morgan fingerprint density at radius 1 is 1.14 bits per heavy atom. The molecule has 1 amide bonds. The van der Waals surface area contributed by atoms with Gasteiger partial charge in [-0.2, -0.15) is 0 Å². The van der Waals surface area contributed by atoms with E-state index in [4.69, 9.17) is 9.47 Å². The molecule has 116 valence electrons. The summed E-state index contributed by atoms with van der Waals surface area (Å²) < 4.78 is 10.5. The number of methoxy groups -OCH3 is 1. The highest BCUT2D eigenvalue weighted by atomic mass is 16.5. The Hall–Kier alpha value is -2.53. The molecule has 0 fully saturated rings. The van der Waals surface area contributed by atoms with Gasteiger partial charge in [-0.1, -0.05) is 30.3 Å². The van der Waals surface area contributed by atoms with Gasteiger partial charge in [0.05, 0.1) is 13.7 Å². The second kappa shape index (κ2) is 8.05. The van der Waals surface area contributed by atoms with Crippen molar-refractivity contribution < 1.29 is 19.4 Å². The molecule has 0 aliphatic carbocycles. The van der Waals surface area contributed by atoms with Crippen LogP contribution in [0.2, 0.25) is 0 Å². The van der Waals surface area contributed by atoms with Crippen LogP contribution in [0.3, 0.4) is 0 Å². The zero-order valence-corrected chi connectivity index (χ0v) is 12.4. The van der Waals surface area contributed by atoms with E-state index in [9.17, 15) is 9.90 Å². The Bertz CT molecular complexity index is 610. The van der Waals surface area contributed by atoms with Crippen molar-refractivity contribution >= 4 is 5.91 Å². The molecule has 0 bridgehead atoms. The Kier molecular flexibility index (Phi) is 5.80. The molecule has 2 rings (SSSR count). The highest BCUT2D eigenvalue weighted by Gasteiger charge is 2.06. The van der Waals surface area contributed by atoms with Gasteiger partial charge in [-0.25, -0.2) is 0 Å². The molecule has 0 aromatic heterocycles. The summed E-state index contributed by atoms with van der Waals surface area (Å²) in [4.78, 5) is 11.8. The first-order valence-electron chi connectivity index (χ1n) is 6.94. The van der Waals surface area contributed by atoms with Crippen LogP contribution in [0, 0.1) is 0 Å². The number of nitrogens with one attached hydrogen (secondary N) is 1. The van der Waals surface area contributed by atoms with Crippen LogP contribution < -0.4 is 14.8 Å². The van der Waals surface area contributed by atoms with Crippen LogP contribution in [0.25, 0.3) is 0 Å². The normalized spacial score (nSPS) is 10.1. The molecule has 2 aromatic rings. The van der Waals surface area contributed by atoms with Gasteiger partial charge >= 0.3 is 0 Å². The third-order valence-electron chi connectivity index (χ3n) is 3.15. The summed E-state index contributed by atoms with van der Waals surface area (Å²) >= 11 is 0. The van der Waals surface area contributed by atoms with Crippen LogP contribution in [-0.2, 0) is 17.9 Å². The van der Waals surface area contributed by atoms with Gasteiger partial charge in [0, 0.05) is 12.1 Å². The number of hydrogen-bond acceptors (Lipinski definition) is 4. The zero-order valence-electron chi connectivity index (χ0n) is 12.4. The van der Waals surface area contributed by atoms with Crippen LogP contribution >= 0.6 is 0 Å². The van der Waals surface area contributed by atoms with Crippen LogP contribution in [0.1, 0.15) is 11.1 Å². The summed E-state index contributed by atoms with van der Waals surface area (Å²) in [5, 5.41) is 12.0. The molecule has 2 N–H and O–H groups in total. The summed E-state index contributed by atoms with van der Waals surface area (Å²) in [5.41, 5.74) is 1.63. The lowest BCUT2D eigenvalue weighted by Gasteiger charge is -2.10. The molecule has 0 unspecified atom stereocenters. The molecular weight excluding hydrogens is 282 g/mol. The van der Waals surface area contributed by atoms with Gasteiger partial charge in [-0.15, -0.1) is 0 Å². The topological polar surface area (TPSA) is 67.8 Å². The fourth-order valence-electron chi connectivity index (χ4n) is 1.91. The molecular formula is C17H19NO4. The van der Waals surface area contributed by atoms with Gasteiger partial charge in [0.2, 0.25) is 0 Å². The predicted octanol–water partition coefficient (Wildman–Crippen LogP) is 1.88. The van der Waals surface area contributed by atoms with E-state index in [0.717, 1.165) is 11.3 Å². The van der Waals surface area contributed by atoms with Crippen molar-refractivity contribution in [3.63, 3.8) is 0 Å². The first kappa shape index (κ1) is 15.9. The molecule has 0 heterocycles. The van der Waals surface area contributed by atoms with Crippen molar-refractivity contribution in [1.29, 1.82) is 0 Å². The highest BCUT2D eigenvalue weighted by molar-refractivity contribution is 5.77. The van der Waals surface area contributed by atoms with Crippen LogP contribution in [0.5, 0.6) is 11.5 Å². The molecule has 0 aliphatic heterocycles. The average molecular weight is 301 g/mol. The van der Waals surface area contributed by atoms with Crippen LogP contribution in [0.4, 0.5) is 0 Å². The maximum absolute atomic E-state index is 11.8. The maximum atomic E-state index is 11.8. The second-order valence-corrected chi connectivity index (χ2v) is 4.68. The van der Waals surface area contributed by atoms with E-state index in [1.54, 1.807) is 25.3 Å². The van der Waals surface area contributed by atoms with Crippen molar-refractivity contribution in [2.24, 2.45) is 0 Å². The third kappa shape index (κ3) is 4.49. The van der Waals surface area contributed by atoms with Gasteiger partial charge < -0.3 is 19.9 Å². The number of amides is 1. The van der Waals surface area contributed by atoms with Crippen molar-refractivity contribution in [1.82, 2.24) is 5.32 Å². The van der Waals surface area contributed by atoms with E-state index in [1.165, 1.54) is 0 Å². The number of carbonyl (C=O) groups is 1. The van der Waals surface area contributed by atoms with Gasteiger partial charge in [-0.3, -0.25) is 4.79 Å². The standard InChI is InChI=1S/C17H19NO4/c1-21-15-8-6-13(7-9-15)10-18-17(20)12-22-16-5-3-2-4-14(16)11-19/h2-9,19H,10-12H2,1H3,(H,18,20). The third-order valence-corrected chi connectivity index (χ3v) is 3.15. The van der Waals surface area contributed by atoms with E-state index < -0.39 is 0 Å².